The predicted molar refractivity (Wildman–Crippen MR) is 112 cm³/mol. The molecule has 0 bridgehead atoms. The lowest BCUT2D eigenvalue weighted by atomic mass is 10.00. The second kappa shape index (κ2) is 8.01. The molecule has 0 spiro atoms. The van der Waals surface area contributed by atoms with E-state index in [1.165, 1.54) is 24.0 Å². The smallest absolute Gasteiger partial charge is 0.348 e. The van der Waals surface area contributed by atoms with E-state index in [9.17, 15) is 4.79 Å². The van der Waals surface area contributed by atoms with Crippen LogP contribution in [0.3, 0.4) is 0 Å². The van der Waals surface area contributed by atoms with E-state index in [1.54, 1.807) is 6.20 Å². The highest BCUT2D eigenvalue weighted by atomic mass is 79.9. The number of halogens is 1. The molecule has 0 aliphatic rings. The number of allylic oxidation sites excluding steroid dienone is 1. The van der Waals surface area contributed by atoms with Gasteiger partial charge in [-0.3, -0.25) is 4.99 Å². The number of benzene rings is 1. The third kappa shape index (κ3) is 3.81. The van der Waals surface area contributed by atoms with Crippen LogP contribution in [0, 0.1) is 0 Å². The fourth-order valence-corrected chi connectivity index (χ4v) is 4.24. The maximum Gasteiger partial charge on any atom is 0.348 e. The first-order valence-corrected chi connectivity index (χ1v) is 9.79. The Morgan fingerprint density at radius 2 is 2.15 bits per heavy atom. The second-order valence-corrected chi connectivity index (χ2v) is 7.81. The molecule has 0 aliphatic carbocycles. The zero-order valence-electron chi connectivity index (χ0n) is 14.7. The minimum absolute atomic E-state index is 0.228. The Kier molecular flexibility index (Phi) is 5.74. The molecule has 0 saturated heterocycles. The van der Waals surface area contributed by atoms with Crippen LogP contribution in [0.5, 0.6) is 0 Å². The summed E-state index contributed by atoms with van der Waals surface area (Å²) in [6.07, 6.45) is 5.62. The summed E-state index contributed by atoms with van der Waals surface area (Å²) in [5.41, 5.74) is 4.22. The highest BCUT2D eigenvalue weighted by Gasteiger charge is 2.15. The molecule has 2 heterocycles. The topological polar surface area (TPSA) is 54.4 Å². The molecule has 4 nitrogen and oxygen atoms in total. The summed E-state index contributed by atoms with van der Waals surface area (Å²) in [6.45, 7) is 4.07. The summed E-state index contributed by atoms with van der Waals surface area (Å²) in [7, 11) is 1.39. The number of aliphatic imine (C=N–C) groups is 1. The summed E-state index contributed by atoms with van der Waals surface area (Å²) >= 11 is 5.10. The van der Waals surface area contributed by atoms with Crippen LogP contribution < -0.4 is 0 Å². The highest BCUT2D eigenvalue weighted by molar-refractivity contribution is 9.10. The number of fused-ring (bicyclic) bond motifs is 1. The van der Waals surface area contributed by atoms with Gasteiger partial charge in [0.2, 0.25) is 0 Å². The van der Waals surface area contributed by atoms with Crippen molar-refractivity contribution in [1.29, 1.82) is 0 Å². The maximum atomic E-state index is 11.6. The van der Waals surface area contributed by atoms with E-state index in [2.05, 4.69) is 57.1 Å². The number of H-pyrrole nitrogens is 1. The van der Waals surface area contributed by atoms with Crippen molar-refractivity contribution in [3.8, 4) is 11.3 Å². The summed E-state index contributed by atoms with van der Waals surface area (Å²) in [6, 6.07) is 10.2. The SMILES string of the molecule is C/C=C\N=CC(C)c1ccc(-c2cc3sc(C(=O)OC)cc3[nH]2)c(Br)c1. The van der Waals surface area contributed by atoms with Crippen LogP contribution in [-0.4, -0.2) is 24.3 Å². The number of carbonyl (C=O) groups excluding carboxylic acids is 1. The summed E-state index contributed by atoms with van der Waals surface area (Å²) < 4.78 is 6.82. The Hall–Kier alpha value is -2.18. The van der Waals surface area contributed by atoms with Crippen molar-refractivity contribution in [2.75, 3.05) is 7.11 Å². The Balaban J connectivity index is 1.88. The van der Waals surface area contributed by atoms with E-state index < -0.39 is 0 Å². The molecular weight excluding hydrogens is 412 g/mol. The van der Waals surface area contributed by atoms with Crippen molar-refractivity contribution in [1.82, 2.24) is 4.98 Å². The molecule has 0 saturated carbocycles. The zero-order valence-corrected chi connectivity index (χ0v) is 17.1. The monoisotopic (exact) mass is 430 g/mol. The molecule has 0 radical (unpaired) electrons. The van der Waals surface area contributed by atoms with E-state index >= 15 is 0 Å². The lowest BCUT2D eigenvalue weighted by Gasteiger charge is -2.09. The summed E-state index contributed by atoms with van der Waals surface area (Å²) in [5.74, 6) is -0.0773. The summed E-state index contributed by atoms with van der Waals surface area (Å²) in [4.78, 5) is 19.9. The molecule has 2 aromatic heterocycles. The minimum Gasteiger partial charge on any atom is -0.465 e. The lowest BCUT2D eigenvalue weighted by molar-refractivity contribution is 0.0606. The Labute approximate surface area is 164 Å². The van der Waals surface area contributed by atoms with Crippen molar-refractivity contribution in [2.45, 2.75) is 19.8 Å². The van der Waals surface area contributed by atoms with Crippen molar-refractivity contribution in [2.24, 2.45) is 4.99 Å². The van der Waals surface area contributed by atoms with Crippen LogP contribution >= 0.6 is 27.3 Å². The van der Waals surface area contributed by atoms with E-state index in [0.29, 0.717) is 4.88 Å². The first kappa shape index (κ1) is 18.6. The molecule has 0 amide bonds. The number of methoxy groups -OCH3 is 1. The molecule has 0 fully saturated rings. The average molecular weight is 431 g/mol. The van der Waals surface area contributed by atoms with E-state index in [4.69, 9.17) is 4.74 Å². The fourth-order valence-electron chi connectivity index (χ4n) is 2.65. The van der Waals surface area contributed by atoms with Gasteiger partial charge in [-0.25, -0.2) is 4.79 Å². The fraction of sp³-hybridized carbons (Fsp3) is 0.200. The van der Waals surface area contributed by atoms with Gasteiger partial charge in [0.1, 0.15) is 4.88 Å². The molecule has 1 aromatic carbocycles. The molecule has 1 atom stereocenters. The number of aromatic amines is 1. The van der Waals surface area contributed by atoms with Crippen LogP contribution in [0.15, 0.2) is 52.1 Å². The molecule has 6 heteroatoms. The molecule has 3 aromatic rings. The van der Waals surface area contributed by atoms with E-state index in [-0.39, 0.29) is 11.9 Å². The number of aromatic nitrogens is 1. The first-order chi connectivity index (χ1) is 12.5. The van der Waals surface area contributed by atoms with Gasteiger partial charge in [-0.15, -0.1) is 11.3 Å². The summed E-state index contributed by atoms with van der Waals surface area (Å²) in [5, 5.41) is 0. The van der Waals surface area contributed by atoms with Gasteiger partial charge < -0.3 is 9.72 Å². The molecule has 26 heavy (non-hydrogen) atoms. The number of rotatable bonds is 5. The van der Waals surface area contributed by atoms with Gasteiger partial charge in [-0.05, 0) is 30.7 Å². The van der Waals surface area contributed by atoms with Crippen molar-refractivity contribution < 1.29 is 9.53 Å². The number of nitrogens with one attached hydrogen (secondary N) is 1. The number of thiophene rings is 1. The van der Waals surface area contributed by atoms with Crippen LogP contribution in [0.1, 0.15) is 35.0 Å². The molecule has 3 rings (SSSR count). The van der Waals surface area contributed by atoms with Gasteiger partial charge in [-0.1, -0.05) is 41.1 Å². The van der Waals surface area contributed by atoms with Crippen molar-refractivity contribution in [3.05, 3.63) is 57.5 Å². The van der Waals surface area contributed by atoms with E-state index in [1.807, 2.05) is 25.3 Å². The van der Waals surface area contributed by atoms with Gasteiger partial charge in [0.15, 0.2) is 0 Å². The van der Waals surface area contributed by atoms with Gasteiger partial charge in [0.25, 0.3) is 0 Å². The van der Waals surface area contributed by atoms with E-state index in [0.717, 1.165) is 25.9 Å². The van der Waals surface area contributed by atoms with Crippen LogP contribution in [0.25, 0.3) is 21.5 Å². The maximum absolute atomic E-state index is 11.6. The lowest BCUT2D eigenvalue weighted by Crippen LogP contribution is -1.96. The molecule has 0 aliphatic heterocycles. The molecule has 1 unspecified atom stereocenters. The van der Waals surface area contributed by atoms with Crippen molar-refractivity contribution in [3.63, 3.8) is 0 Å². The zero-order chi connectivity index (χ0) is 18.7. The number of nitrogens with zero attached hydrogens (tertiary/aromatic N) is 1. The predicted octanol–water partition coefficient (Wildman–Crippen LogP) is 6.15. The minimum atomic E-state index is -0.305. The quantitative estimate of drug-likeness (QED) is 0.389. The number of ether oxygens (including phenoxy) is 1. The first-order valence-electron chi connectivity index (χ1n) is 8.18. The standard InChI is InChI=1S/C20H19BrN2O2S/c1-4-7-22-11-12(2)13-5-6-14(15(21)8-13)16-9-18-17(23-16)10-19(26-18)20(24)25-3/h4-12,23H,1-3H3/b7-4-,22-11?. The average Bonchev–Trinajstić information content (AvgIpc) is 3.20. The third-order valence-corrected chi connectivity index (χ3v) is 5.76. The second-order valence-electron chi connectivity index (χ2n) is 5.87. The normalized spacial score (nSPS) is 13.1. The molecule has 134 valence electrons. The largest absolute Gasteiger partial charge is 0.465 e. The highest BCUT2D eigenvalue weighted by Crippen LogP contribution is 2.35. The Morgan fingerprint density at radius 3 is 2.81 bits per heavy atom. The van der Waals surface area contributed by atoms with Gasteiger partial charge in [0, 0.05) is 34.1 Å². The Bertz CT molecular complexity index is 969. The Morgan fingerprint density at radius 1 is 1.35 bits per heavy atom. The third-order valence-electron chi connectivity index (χ3n) is 4.05. The van der Waals surface area contributed by atoms with Crippen LogP contribution in [0.2, 0.25) is 0 Å². The van der Waals surface area contributed by atoms with Gasteiger partial charge in [-0.2, -0.15) is 0 Å². The molecule has 1 N–H and O–H groups in total. The number of carbonyl (C=O) groups is 1. The number of esters is 1. The van der Waals surface area contributed by atoms with Crippen LogP contribution in [0.4, 0.5) is 0 Å². The van der Waals surface area contributed by atoms with Gasteiger partial charge >= 0.3 is 5.97 Å². The van der Waals surface area contributed by atoms with Gasteiger partial charge in [0.05, 0.1) is 17.3 Å². The number of hydrogen-bond acceptors (Lipinski definition) is 4. The molecular formula is C20H19BrN2O2S. The van der Waals surface area contributed by atoms with Crippen LogP contribution in [-0.2, 0) is 4.74 Å². The number of hydrogen-bond donors (Lipinski definition) is 1. The van der Waals surface area contributed by atoms with Crippen molar-refractivity contribution >= 4 is 49.7 Å².